The molecule has 27 heavy (non-hydrogen) atoms. The maximum Gasteiger partial charge on any atom is 0.223 e. The molecule has 0 aromatic heterocycles. The van der Waals surface area contributed by atoms with E-state index in [0.717, 1.165) is 44.3 Å². The van der Waals surface area contributed by atoms with Crippen molar-refractivity contribution in [2.24, 2.45) is 5.92 Å². The number of aliphatic hydroxyl groups is 1. The van der Waals surface area contributed by atoms with Crippen molar-refractivity contribution in [2.45, 2.75) is 19.3 Å². The van der Waals surface area contributed by atoms with Crippen LogP contribution in [-0.2, 0) is 14.3 Å². The monoisotopic (exact) mass is 378 g/mol. The van der Waals surface area contributed by atoms with E-state index >= 15 is 0 Å². The highest BCUT2D eigenvalue weighted by Crippen LogP contribution is 2.23. The maximum absolute atomic E-state index is 12.3. The van der Waals surface area contributed by atoms with Gasteiger partial charge in [-0.15, -0.1) is 0 Å². The van der Waals surface area contributed by atoms with Crippen LogP contribution in [0.3, 0.4) is 0 Å². The molecule has 1 saturated heterocycles. The lowest BCUT2D eigenvalue weighted by Crippen LogP contribution is -2.41. The number of rotatable bonds is 12. The predicted octanol–water partition coefficient (Wildman–Crippen LogP) is 1.25. The zero-order chi connectivity index (χ0) is 19.3. The molecule has 1 aromatic rings. The van der Waals surface area contributed by atoms with Crippen LogP contribution in [0, 0.1) is 5.92 Å². The number of benzene rings is 1. The number of aldehydes is 1. The molecular formula is C20H30N2O5. The Kier molecular flexibility index (Phi) is 9.83. The van der Waals surface area contributed by atoms with Gasteiger partial charge in [0.1, 0.15) is 6.29 Å². The third kappa shape index (κ3) is 7.66. The summed E-state index contributed by atoms with van der Waals surface area (Å²) in [6, 6.07) is 7.56. The number of nitrogens with zero attached hydrogens (tertiary/aromatic N) is 1. The molecule has 0 spiro atoms. The Morgan fingerprint density at radius 3 is 2.41 bits per heavy atom. The summed E-state index contributed by atoms with van der Waals surface area (Å²) in [5, 5.41) is 11.6. The molecule has 1 aliphatic rings. The number of anilines is 1. The molecule has 2 rings (SSSR count). The Morgan fingerprint density at radius 1 is 1.11 bits per heavy atom. The fourth-order valence-electron chi connectivity index (χ4n) is 3.08. The van der Waals surface area contributed by atoms with E-state index in [4.69, 9.17) is 14.6 Å². The van der Waals surface area contributed by atoms with Gasteiger partial charge in [-0.1, -0.05) is 0 Å². The molecule has 7 heteroatoms. The van der Waals surface area contributed by atoms with E-state index in [0.29, 0.717) is 38.5 Å². The van der Waals surface area contributed by atoms with Gasteiger partial charge in [-0.2, -0.15) is 0 Å². The van der Waals surface area contributed by atoms with Gasteiger partial charge in [0.15, 0.2) is 0 Å². The summed E-state index contributed by atoms with van der Waals surface area (Å²) in [5.41, 5.74) is 1.77. The Morgan fingerprint density at radius 2 is 1.78 bits per heavy atom. The van der Waals surface area contributed by atoms with Crippen LogP contribution >= 0.6 is 0 Å². The van der Waals surface area contributed by atoms with Crippen LogP contribution in [0.2, 0.25) is 0 Å². The van der Waals surface area contributed by atoms with E-state index < -0.39 is 0 Å². The molecule has 2 N–H and O–H groups in total. The molecule has 1 fully saturated rings. The Labute approximate surface area is 160 Å². The highest BCUT2D eigenvalue weighted by atomic mass is 16.5. The van der Waals surface area contributed by atoms with Crippen LogP contribution in [0.5, 0.6) is 0 Å². The van der Waals surface area contributed by atoms with Crippen LogP contribution < -0.4 is 10.2 Å². The second kappa shape index (κ2) is 12.4. The molecule has 0 bridgehead atoms. The van der Waals surface area contributed by atoms with Crippen molar-refractivity contribution in [3.8, 4) is 0 Å². The number of carbonyl (C=O) groups is 2. The zero-order valence-electron chi connectivity index (χ0n) is 15.8. The molecule has 0 aliphatic carbocycles. The summed E-state index contributed by atoms with van der Waals surface area (Å²) in [6.07, 6.45) is 3.28. The molecule has 1 heterocycles. The van der Waals surface area contributed by atoms with E-state index in [1.807, 2.05) is 24.3 Å². The van der Waals surface area contributed by atoms with Crippen molar-refractivity contribution in [3.05, 3.63) is 29.8 Å². The summed E-state index contributed by atoms with van der Waals surface area (Å²) < 4.78 is 10.5. The summed E-state index contributed by atoms with van der Waals surface area (Å²) in [4.78, 5) is 25.3. The fraction of sp³-hybridized carbons (Fsp3) is 0.600. The summed E-state index contributed by atoms with van der Waals surface area (Å²) in [5.74, 6) is 0.181. The minimum atomic E-state index is 0.0252. The molecule has 7 nitrogen and oxygen atoms in total. The second-order valence-corrected chi connectivity index (χ2v) is 6.56. The first-order chi connectivity index (χ1) is 13.2. The van der Waals surface area contributed by atoms with Crippen LogP contribution in [0.15, 0.2) is 24.3 Å². The van der Waals surface area contributed by atoms with E-state index in [1.54, 1.807) is 0 Å². The first-order valence-corrected chi connectivity index (χ1v) is 9.59. The molecule has 0 radical (unpaired) electrons. The van der Waals surface area contributed by atoms with Gasteiger partial charge in [-0.05, 0) is 43.5 Å². The number of piperidine rings is 1. The highest BCUT2D eigenvalue weighted by molar-refractivity contribution is 5.79. The van der Waals surface area contributed by atoms with Crippen LogP contribution in [0.25, 0.3) is 0 Å². The van der Waals surface area contributed by atoms with Crippen molar-refractivity contribution in [2.75, 3.05) is 57.6 Å². The lowest BCUT2D eigenvalue weighted by atomic mass is 9.95. The van der Waals surface area contributed by atoms with E-state index in [2.05, 4.69) is 10.2 Å². The smallest absolute Gasteiger partial charge is 0.223 e. The average Bonchev–Trinajstić information content (AvgIpc) is 2.72. The largest absolute Gasteiger partial charge is 0.394 e. The van der Waals surface area contributed by atoms with Gasteiger partial charge < -0.3 is 24.8 Å². The quantitative estimate of drug-likeness (QED) is 0.420. The summed E-state index contributed by atoms with van der Waals surface area (Å²) in [7, 11) is 0. The van der Waals surface area contributed by atoms with Crippen molar-refractivity contribution in [1.29, 1.82) is 0 Å². The van der Waals surface area contributed by atoms with Crippen LogP contribution in [0.1, 0.15) is 29.6 Å². The van der Waals surface area contributed by atoms with Gasteiger partial charge in [0.2, 0.25) is 5.91 Å². The van der Waals surface area contributed by atoms with Crippen LogP contribution in [-0.4, -0.2) is 70.0 Å². The van der Waals surface area contributed by atoms with Gasteiger partial charge >= 0.3 is 0 Å². The number of ether oxygens (including phenoxy) is 2. The molecule has 150 valence electrons. The molecular weight excluding hydrogens is 348 g/mol. The van der Waals surface area contributed by atoms with Crippen molar-refractivity contribution in [3.63, 3.8) is 0 Å². The summed E-state index contributed by atoms with van der Waals surface area (Å²) >= 11 is 0. The SMILES string of the molecule is O=Cc1ccc(N2CCC(C(=O)NCCCOCCOCCO)CC2)cc1. The van der Waals surface area contributed by atoms with Gasteiger partial charge in [-0.3, -0.25) is 9.59 Å². The standard InChI is InChI=1S/C20H30N2O5/c23-11-13-27-15-14-26-12-1-8-21-20(25)18-6-9-22(10-7-18)19-4-2-17(16-24)3-5-19/h2-5,16,18,23H,1,6-15H2,(H,21,25). The maximum atomic E-state index is 12.3. The van der Waals surface area contributed by atoms with Gasteiger partial charge in [0, 0.05) is 43.4 Å². The molecule has 1 amide bonds. The van der Waals surface area contributed by atoms with Gasteiger partial charge in [0.25, 0.3) is 0 Å². The number of nitrogens with one attached hydrogen (secondary N) is 1. The first-order valence-electron chi connectivity index (χ1n) is 9.59. The minimum absolute atomic E-state index is 0.0252. The number of hydrogen-bond donors (Lipinski definition) is 2. The molecule has 0 unspecified atom stereocenters. The molecule has 1 aromatic carbocycles. The molecule has 1 aliphatic heterocycles. The topological polar surface area (TPSA) is 88.1 Å². The predicted molar refractivity (Wildman–Crippen MR) is 103 cm³/mol. The van der Waals surface area contributed by atoms with Crippen molar-refractivity contribution >= 4 is 17.9 Å². The second-order valence-electron chi connectivity index (χ2n) is 6.56. The molecule has 0 atom stereocenters. The van der Waals surface area contributed by atoms with E-state index in [-0.39, 0.29) is 18.4 Å². The minimum Gasteiger partial charge on any atom is -0.394 e. The normalized spacial score (nSPS) is 14.9. The Bertz CT molecular complexity index is 556. The van der Waals surface area contributed by atoms with Gasteiger partial charge in [0.05, 0.1) is 26.4 Å². The third-order valence-corrected chi connectivity index (χ3v) is 4.63. The lowest BCUT2D eigenvalue weighted by Gasteiger charge is -2.33. The first kappa shape index (κ1) is 21.3. The molecule has 0 saturated carbocycles. The highest BCUT2D eigenvalue weighted by Gasteiger charge is 2.24. The van der Waals surface area contributed by atoms with Gasteiger partial charge in [-0.25, -0.2) is 0 Å². The third-order valence-electron chi connectivity index (χ3n) is 4.63. The number of amides is 1. The number of hydrogen-bond acceptors (Lipinski definition) is 6. The average molecular weight is 378 g/mol. The fourth-order valence-corrected chi connectivity index (χ4v) is 3.08. The van der Waals surface area contributed by atoms with Crippen LogP contribution in [0.4, 0.5) is 5.69 Å². The van der Waals surface area contributed by atoms with E-state index in [1.165, 1.54) is 0 Å². The number of aliphatic hydroxyl groups excluding tert-OH is 1. The Hall–Kier alpha value is -1.96. The lowest BCUT2D eigenvalue weighted by molar-refractivity contribution is -0.125. The zero-order valence-corrected chi connectivity index (χ0v) is 15.8. The van der Waals surface area contributed by atoms with E-state index in [9.17, 15) is 9.59 Å². The summed E-state index contributed by atoms with van der Waals surface area (Å²) in [6.45, 7) is 4.22. The Balaban J connectivity index is 1.56. The van der Waals surface area contributed by atoms with Crippen molar-refractivity contribution in [1.82, 2.24) is 5.32 Å². The number of carbonyl (C=O) groups excluding carboxylic acids is 2. The van der Waals surface area contributed by atoms with Crippen molar-refractivity contribution < 1.29 is 24.2 Å².